The molecule has 0 saturated heterocycles. The monoisotopic (exact) mass is 688 g/mol. The second-order valence-corrected chi connectivity index (χ2v) is 14.7. The van der Waals surface area contributed by atoms with Crippen molar-refractivity contribution in [3.8, 4) is 0 Å². The molecule has 0 aromatic heterocycles. The van der Waals surface area contributed by atoms with Gasteiger partial charge in [-0.2, -0.15) is 0 Å². The summed E-state index contributed by atoms with van der Waals surface area (Å²) in [6.45, 7) is 4.21. The van der Waals surface area contributed by atoms with E-state index in [2.05, 4.69) is 43.5 Å². The summed E-state index contributed by atoms with van der Waals surface area (Å²) in [5.41, 5.74) is 0. The molecule has 0 heterocycles. The van der Waals surface area contributed by atoms with Crippen LogP contribution < -0.4 is 5.32 Å². The van der Waals surface area contributed by atoms with E-state index in [1.807, 2.05) is 6.08 Å². The van der Waals surface area contributed by atoms with Gasteiger partial charge in [-0.05, 0) is 44.9 Å². The Labute approximate surface area is 306 Å². The minimum absolute atomic E-state index is 0.0641. The van der Waals surface area contributed by atoms with Crippen molar-refractivity contribution in [2.45, 2.75) is 238 Å². The number of carbonyl (C=O) groups is 1. The van der Waals surface area contributed by atoms with Gasteiger partial charge < -0.3 is 15.5 Å². The van der Waals surface area contributed by atoms with Crippen LogP contribution in [-0.2, 0) is 4.79 Å². The molecule has 0 aliphatic heterocycles. The van der Waals surface area contributed by atoms with Crippen LogP contribution in [-0.4, -0.2) is 34.9 Å². The summed E-state index contributed by atoms with van der Waals surface area (Å²) in [7, 11) is 0. The van der Waals surface area contributed by atoms with Crippen LogP contribution in [0.2, 0.25) is 0 Å². The first kappa shape index (κ1) is 47.6. The minimum Gasteiger partial charge on any atom is -0.394 e. The van der Waals surface area contributed by atoms with Crippen molar-refractivity contribution in [1.29, 1.82) is 0 Å². The van der Waals surface area contributed by atoms with E-state index in [-0.39, 0.29) is 12.5 Å². The smallest absolute Gasteiger partial charge is 0.220 e. The molecule has 3 N–H and O–H groups in total. The van der Waals surface area contributed by atoms with Crippen LogP contribution in [0.3, 0.4) is 0 Å². The van der Waals surface area contributed by atoms with Gasteiger partial charge in [0.1, 0.15) is 0 Å². The van der Waals surface area contributed by atoms with Crippen molar-refractivity contribution < 1.29 is 15.0 Å². The number of carbonyl (C=O) groups excluding carboxylic acids is 1. The Morgan fingerprint density at radius 3 is 1.33 bits per heavy atom. The van der Waals surface area contributed by atoms with Crippen LogP contribution in [0.15, 0.2) is 36.5 Å². The van der Waals surface area contributed by atoms with Gasteiger partial charge in [0, 0.05) is 6.42 Å². The average Bonchev–Trinajstić information content (AvgIpc) is 3.10. The van der Waals surface area contributed by atoms with E-state index in [0.717, 1.165) is 38.5 Å². The molecule has 2 atom stereocenters. The third-order valence-electron chi connectivity index (χ3n) is 9.88. The normalized spacial score (nSPS) is 13.3. The minimum atomic E-state index is -0.837. The first-order valence-electron chi connectivity index (χ1n) is 21.7. The van der Waals surface area contributed by atoms with E-state index in [9.17, 15) is 15.0 Å². The molecule has 0 spiro atoms. The number of nitrogens with one attached hydrogen (secondary N) is 1. The van der Waals surface area contributed by atoms with E-state index < -0.39 is 12.1 Å². The number of hydrogen-bond acceptors (Lipinski definition) is 3. The molecule has 288 valence electrons. The summed E-state index contributed by atoms with van der Waals surface area (Å²) in [5, 5.41) is 23.0. The quantitative estimate of drug-likeness (QED) is 0.0445. The Hall–Kier alpha value is -1.39. The predicted molar refractivity (Wildman–Crippen MR) is 216 cm³/mol. The second-order valence-electron chi connectivity index (χ2n) is 14.7. The molecule has 0 fully saturated rings. The Morgan fingerprint density at radius 2 is 0.898 bits per heavy atom. The molecule has 0 saturated carbocycles. The fourth-order valence-electron chi connectivity index (χ4n) is 6.57. The summed E-state index contributed by atoms with van der Waals surface area (Å²) >= 11 is 0. The first-order chi connectivity index (χ1) is 24.2. The van der Waals surface area contributed by atoms with E-state index >= 15 is 0 Å². The zero-order valence-corrected chi connectivity index (χ0v) is 33.0. The highest BCUT2D eigenvalue weighted by molar-refractivity contribution is 5.76. The molecule has 0 radical (unpaired) electrons. The van der Waals surface area contributed by atoms with Crippen molar-refractivity contribution in [3.63, 3.8) is 0 Å². The van der Waals surface area contributed by atoms with E-state index in [1.54, 1.807) is 6.08 Å². The highest BCUT2D eigenvalue weighted by atomic mass is 16.3. The standard InChI is InChI=1S/C45H85NO3/c1-3-5-7-9-11-13-15-17-19-21-22-23-24-25-27-29-31-33-35-37-39-41-45(49)46-43(42-47)44(48)40-38-36-34-32-30-28-26-20-18-16-14-12-10-8-6-4-2/h5,7,11,13,38,40,43-44,47-48H,3-4,6,8-10,12,14-37,39,41-42H2,1-2H3,(H,46,49)/b7-5-,13-11-,40-38+. The lowest BCUT2D eigenvalue weighted by Crippen LogP contribution is -2.45. The van der Waals surface area contributed by atoms with E-state index in [0.29, 0.717) is 6.42 Å². The van der Waals surface area contributed by atoms with Gasteiger partial charge >= 0.3 is 0 Å². The molecular weight excluding hydrogens is 602 g/mol. The third-order valence-corrected chi connectivity index (χ3v) is 9.88. The molecule has 1 amide bonds. The van der Waals surface area contributed by atoms with Crippen molar-refractivity contribution in [2.24, 2.45) is 0 Å². The van der Waals surface area contributed by atoms with Gasteiger partial charge in [0.2, 0.25) is 5.91 Å². The Bertz CT molecular complexity index is 746. The fraction of sp³-hybridized carbons (Fsp3) is 0.844. The molecule has 0 aromatic rings. The molecular formula is C45H85NO3. The van der Waals surface area contributed by atoms with Gasteiger partial charge in [0.05, 0.1) is 18.8 Å². The number of rotatable bonds is 39. The van der Waals surface area contributed by atoms with Crippen LogP contribution in [0.4, 0.5) is 0 Å². The van der Waals surface area contributed by atoms with Crippen LogP contribution >= 0.6 is 0 Å². The van der Waals surface area contributed by atoms with Crippen molar-refractivity contribution in [3.05, 3.63) is 36.5 Å². The Kier molecular flexibility index (Phi) is 39.9. The van der Waals surface area contributed by atoms with E-state index in [1.165, 1.54) is 167 Å². The Balaban J connectivity index is 3.54. The lowest BCUT2D eigenvalue weighted by atomic mass is 10.0. The summed E-state index contributed by atoms with van der Waals surface area (Å²) in [4.78, 5) is 12.4. The molecule has 0 aliphatic rings. The molecule has 49 heavy (non-hydrogen) atoms. The maximum atomic E-state index is 12.4. The number of unbranched alkanes of at least 4 members (excludes halogenated alkanes) is 28. The van der Waals surface area contributed by atoms with Gasteiger partial charge in [-0.3, -0.25) is 4.79 Å². The number of aliphatic hydroxyl groups is 2. The van der Waals surface area contributed by atoms with Gasteiger partial charge in [-0.1, -0.05) is 211 Å². The fourth-order valence-corrected chi connectivity index (χ4v) is 6.57. The molecule has 0 rings (SSSR count). The highest BCUT2D eigenvalue weighted by Gasteiger charge is 2.17. The SMILES string of the molecule is CC/C=C\C/C=C\CCCCCCCCCCCCCCCCC(=O)NC(CO)C(O)/C=C/CCCCCCCCCCCCCCCC. The average molecular weight is 688 g/mol. The largest absolute Gasteiger partial charge is 0.394 e. The number of amides is 1. The molecule has 0 aromatic carbocycles. The van der Waals surface area contributed by atoms with Crippen LogP contribution in [0.25, 0.3) is 0 Å². The van der Waals surface area contributed by atoms with Crippen molar-refractivity contribution >= 4 is 5.91 Å². The number of hydrogen-bond donors (Lipinski definition) is 3. The zero-order chi connectivity index (χ0) is 35.7. The molecule has 0 aliphatic carbocycles. The molecule has 4 nitrogen and oxygen atoms in total. The maximum Gasteiger partial charge on any atom is 0.220 e. The summed E-state index contributed by atoms with van der Waals surface area (Å²) in [5.74, 6) is -0.0641. The predicted octanol–water partition coefficient (Wildman–Crippen LogP) is 13.4. The highest BCUT2D eigenvalue weighted by Crippen LogP contribution is 2.15. The second kappa shape index (κ2) is 41.0. The van der Waals surface area contributed by atoms with Crippen molar-refractivity contribution in [2.75, 3.05) is 6.61 Å². The number of aliphatic hydroxyl groups excluding tert-OH is 2. The summed E-state index contributed by atoms with van der Waals surface area (Å²) in [6, 6.07) is -0.620. The topological polar surface area (TPSA) is 69.6 Å². The first-order valence-corrected chi connectivity index (χ1v) is 21.7. The molecule has 4 heteroatoms. The van der Waals surface area contributed by atoms with Gasteiger partial charge in [-0.25, -0.2) is 0 Å². The molecule has 2 unspecified atom stereocenters. The van der Waals surface area contributed by atoms with Crippen LogP contribution in [0, 0.1) is 0 Å². The molecule has 0 bridgehead atoms. The number of allylic oxidation sites excluding steroid dienone is 5. The van der Waals surface area contributed by atoms with Crippen molar-refractivity contribution in [1.82, 2.24) is 5.32 Å². The lowest BCUT2D eigenvalue weighted by molar-refractivity contribution is -0.123. The van der Waals surface area contributed by atoms with Gasteiger partial charge in [0.25, 0.3) is 0 Å². The lowest BCUT2D eigenvalue weighted by Gasteiger charge is -2.20. The summed E-state index contributed by atoms with van der Waals surface area (Å²) in [6.07, 6.45) is 53.9. The third kappa shape index (κ3) is 37.7. The zero-order valence-electron chi connectivity index (χ0n) is 33.0. The Morgan fingerprint density at radius 1 is 0.510 bits per heavy atom. The maximum absolute atomic E-state index is 12.4. The van der Waals surface area contributed by atoms with Gasteiger partial charge in [-0.15, -0.1) is 0 Å². The van der Waals surface area contributed by atoms with Crippen LogP contribution in [0.5, 0.6) is 0 Å². The van der Waals surface area contributed by atoms with E-state index in [4.69, 9.17) is 0 Å². The summed E-state index contributed by atoms with van der Waals surface area (Å²) < 4.78 is 0. The van der Waals surface area contributed by atoms with Gasteiger partial charge in [0.15, 0.2) is 0 Å². The van der Waals surface area contributed by atoms with Crippen LogP contribution in [0.1, 0.15) is 226 Å².